The predicted octanol–water partition coefficient (Wildman–Crippen LogP) is 12.9. The van der Waals surface area contributed by atoms with E-state index in [9.17, 15) is 57.9 Å². The molecule has 5 nitrogen and oxygen atoms in total. The van der Waals surface area contributed by atoms with Crippen molar-refractivity contribution in [2.24, 2.45) is 0 Å². The molecule has 0 spiro atoms. The van der Waals surface area contributed by atoms with Crippen molar-refractivity contribution >= 4 is 43.6 Å². The summed E-state index contributed by atoms with van der Waals surface area (Å²) in [6, 6.07) is 15.5. The molecule has 0 unspecified atom stereocenters. The van der Waals surface area contributed by atoms with Gasteiger partial charge < -0.3 is 9.13 Å². The lowest BCUT2D eigenvalue weighted by Gasteiger charge is -2.20. The van der Waals surface area contributed by atoms with E-state index in [0.717, 1.165) is 63.7 Å². The number of nitriles is 1. The minimum Gasteiger partial charge on any atom is -0.307 e. The van der Waals surface area contributed by atoms with Gasteiger partial charge in [-0.1, -0.05) is 24.3 Å². The number of aromatic nitrogens is 4. The molecule has 3 aromatic heterocycles. The van der Waals surface area contributed by atoms with Crippen LogP contribution < -0.4 is 0 Å². The van der Waals surface area contributed by atoms with Crippen molar-refractivity contribution in [3.63, 3.8) is 0 Å². The maximum absolute atomic E-state index is 14.3. The SMILES string of the molecule is Cc1cc(C)nc(-c2cc(-n3c4cc(C(F)(F)F)ccc4c4ccc(C(F)(F)F)cc43)c(-n3c4cc(C(F)(F)F)ccc4c4ccc(C(F)(F)F)cc43)cc2C#N)n1. The Morgan fingerprint density at radius 3 is 1.05 bits per heavy atom. The van der Waals surface area contributed by atoms with Crippen molar-refractivity contribution in [3.8, 4) is 28.8 Å². The number of rotatable bonds is 3. The number of halogens is 12. The lowest BCUT2D eigenvalue weighted by molar-refractivity contribution is -0.138. The lowest BCUT2D eigenvalue weighted by atomic mass is 10.0. The van der Waals surface area contributed by atoms with Gasteiger partial charge >= 0.3 is 24.7 Å². The second-order valence-corrected chi connectivity index (χ2v) is 13.6. The van der Waals surface area contributed by atoms with Crippen molar-refractivity contribution in [2.75, 3.05) is 0 Å². The molecule has 0 amide bonds. The molecule has 8 aromatic rings. The quantitative estimate of drug-likeness (QED) is 0.167. The number of fused-ring (bicyclic) bond motifs is 6. The second kappa shape index (κ2) is 12.7. The Bertz CT molecular complexity index is 2880. The van der Waals surface area contributed by atoms with E-state index in [2.05, 4.69) is 9.97 Å². The number of nitrogens with zero attached hydrogens (tertiary/aromatic N) is 5. The van der Waals surface area contributed by atoms with Gasteiger partial charge in [-0.25, -0.2) is 9.97 Å². The molecule has 0 fully saturated rings. The van der Waals surface area contributed by atoms with E-state index in [1.54, 1.807) is 19.9 Å². The Hall–Kier alpha value is -6.57. The average molecular weight is 812 g/mol. The first-order valence-corrected chi connectivity index (χ1v) is 16.9. The molecule has 0 radical (unpaired) electrons. The lowest BCUT2D eigenvalue weighted by Crippen LogP contribution is -2.10. The monoisotopic (exact) mass is 811 g/mol. The van der Waals surface area contributed by atoms with E-state index in [-0.39, 0.29) is 71.9 Å². The molecular weight excluding hydrogens is 790 g/mol. The molecule has 0 N–H and O–H groups in total. The summed E-state index contributed by atoms with van der Waals surface area (Å²) < 4.78 is 173. The maximum atomic E-state index is 14.3. The van der Waals surface area contributed by atoms with Gasteiger partial charge in [-0.3, -0.25) is 0 Å². The predicted molar refractivity (Wildman–Crippen MR) is 190 cm³/mol. The van der Waals surface area contributed by atoms with Gasteiger partial charge in [-0.2, -0.15) is 57.9 Å². The fourth-order valence-corrected chi connectivity index (χ4v) is 7.32. The molecule has 58 heavy (non-hydrogen) atoms. The molecule has 3 heterocycles. The highest BCUT2D eigenvalue weighted by molar-refractivity contribution is 6.12. The maximum Gasteiger partial charge on any atom is 0.416 e. The van der Waals surface area contributed by atoms with Gasteiger partial charge in [0.25, 0.3) is 0 Å². The summed E-state index contributed by atoms with van der Waals surface area (Å²) in [6.45, 7) is 3.19. The highest BCUT2D eigenvalue weighted by atomic mass is 19.4. The first-order valence-electron chi connectivity index (χ1n) is 16.9. The van der Waals surface area contributed by atoms with E-state index in [1.807, 2.05) is 6.07 Å². The molecule has 0 saturated heterocycles. The fourth-order valence-electron chi connectivity index (χ4n) is 7.32. The van der Waals surface area contributed by atoms with Crippen LogP contribution in [-0.2, 0) is 24.7 Å². The van der Waals surface area contributed by atoms with Crippen LogP contribution in [0, 0.1) is 25.2 Å². The molecule has 0 bridgehead atoms. The van der Waals surface area contributed by atoms with Crippen LogP contribution in [0.1, 0.15) is 39.2 Å². The van der Waals surface area contributed by atoms with Crippen LogP contribution in [-0.4, -0.2) is 19.1 Å². The number of hydrogen-bond acceptors (Lipinski definition) is 3. The summed E-state index contributed by atoms with van der Waals surface area (Å²) in [5.74, 6) is -0.101. The average Bonchev–Trinajstić information content (AvgIpc) is 3.63. The van der Waals surface area contributed by atoms with E-state index in [4.69, 9.17) is 0 Å². The van der Waals surface area contributed by atoms with Crippen LogP contribution >= 0.6 is 0 Å². The van der Waals surface area contributed by atoms with Crippen LogP contribution in [0.3, 0.4) is 0 Å². The highest BCUT2D eigenvalue weighted by Gasteiger charge is 2.36. The topological polar surface area (TPSA) is 59.4 Å². The fraction of sp³-hybridized carbons (Fsp3) is 0.146. The van der Waals surface area contributed by atoms with Gasteiger partial charge in [-0.05, 0) is 80.6 Å². The molecule has 0 aliphatic heterocycles. The first-order chi connectivity index (χ1) is 27.0. The third kappa shape index (κ3) is 6.32. The van der Waals surface area contributed by atoms with Crippen LogP contribution in [0.2, 0.25) is 0 Å². The summed E-state index contributed by atoms with van der Waals surface area (Å²) >= 11 is 0. The van der Waals surface area contributed by atoms with E-state index >= 15 is 0 Å². The number of alkyl halides is 12. The van der Waals surface area contributed by atoms with Gasteiger partial charge in [0.1, 0.15) is 0 Å². The Morgan fingerprint density at radius 1 is 0.448 bits per heavy atom. The second-order valence-electron chi connectivity index (χ2n) is 13.6. The summed E-state index contributed by atoms with van der Waals surface area (Å²) in [6.07, 6.45) is -19.9. The van der Waals surface area contributed by atoms with E-state index in [0.29, 0.717) is 35.7 Å². The molecule has 5 aromatic carbocycles. The van der Waals surface area contributed by atoms with Crippen LogP contribution in [0.15, 0.2) is 91.0 Å². The van der Waals surface area contributed by atoms with Crippen molar-refractivity contribution in [3.05, 3.63) is 130 Å². The Labute approximate surface area is 318 Å². The summed E-state index contributed by atoms with van der Waals surface area (Å²) in [4.78, 5) is 8.79. The number of aryl methyl sites for hydroxylation is 2. The standard InChI is InChI=1S/C41H21F12N5/c1-19-11-20(2)56-37(55-19)30-17-36(58-33-15-24(40(48,49)50)5-9-28(33)29-10-6-25(16-34(29)58)41(51,52)53)35(12-21(30)18-54)57-31-13-22(38(42,43)44)3-7-26(31)27-8-4-23(14-32(27)57)39(45,46)47/h3-17H,1-2H3. The highest BCUT2D eigenvalue weighted by Crippen LogP contribution is 2.45. The first kappa shape index (κ1) is 38.3. The smallest absolute Gasteiger partial charge is 0.307 e. The van der Waals surface area contributed by atoms with Crippen LogP contribution in [0.5, 0.6) is 0 Å². The van der Waals surface area contributed by atoms with Crippen molar-refractivity contribution in [1.29, 1.82) is 5.26 Å². The zero-order chi connectivity index (χ0) is 41.9. The molecule has 17 heteroatoms. The molecular formula is C41H21F12N5. The minimum atomic E-state index is -4.97. The number of benzene rings is 5. The molecule has 0 aliphatic carbocycles. The van der Waals surface area contributed by atoms with Gasteiger partial charge in [-0.15, -0.1) is 0 Å². The molecule has 8 rings (SSSR count). The molecule has 0 atom stereocenters. The minimum absolute atomic E-state index is 0.0174. The molecule has 294 valence electrons. The van der Waals surface area contributed by atoms with Crippen molar-refractivity contribution in [1.82, 2.24) is 19.1 Å². The zero-order valence-corrected chi connectivity index (χ0v) is 29.4. The third-order valence-corrected chi connectivity index (χ3v) is 9.78. The Morgan fingerprint density at radius 2 is 0.759 bits per heavy atom. The van der Waals surface area contributed by atoms with Gasteiger partial charge in [0.2, 0.25) is 0 Å². The molecule has 0 aliphatic rings. The third-order valence-electron chi connectivity index (χ3n) is 9.78. The summed E-state index contributed by atoms with van der Waals surface area (Å²) in [5, 5.41) is 10.6. The summed E-state index contributed by atoms with van der Waals surface area (Å²) in [5.41, 5.74) is -6.43. The summed E-state index contributed by atoms with van der Waals surface area (Å²) in [7, 11) is 0. The van der Waals surface area contributed by atoms with Gasteiger partial charge in [0.15, 0.2) is 5.82 Å². The largest absolute Gasteiger partial charge is 0.416 e. The van der Waals surface area contributed by atoms with E-state index in [1.165, 1.54) is 6.07 Å². The van der Waals surface area contributed by atoms with Crippen LogP contribution in [0.4, 0.5) is 52.7 Å². The van der Waals surface area contributed by atoms with Crippen LogP contribution in [0.25, 0.3) is 66.4 Å². The Kier molecular flexibility index (Phi) is 8.40. The normalized spacial score (nSPS) is 13.0. The zero-order valence-electron chi connectivity index (χ0n) is 29.4. The van der Waals surface area contributed by atoms with Gasteiger partial charge in [0.05, 0.1) is 67.3 Å². The van der Waals surface area contributed by atoms with Crippen molar-refractivity contribution in [2.45, 2.75) is 38.6 Å². The molecule has 0 saturated carbocycles. The van der Waals surface area contributed by atoms with Gasteiger partial charge in [0, 0.05) is 38.5 Å². The van der Waals surface area contributed by atoms with Crippen molar-refractivity contribution < 1.29 is 52.7 Å². The Balaban J connectivity index is 1.64. The van der Waals surface area contributed by atoms with E-state index < -0.39 is 47.0 Å². The number of hydrogen-bond donors (Lipinski definition) is 0.